The minimum atomic E-state index is -0.700. The fourth-order valence-corrected chi connectivity index (χ4v) is 2.10. The Bertz CT molecular complexity index is 461. The Labute approximate surface area is 106 Å². The third-order valence-electron chi connectivity index (χ3n) is 3.43. The number of para-hydroxylation sites is 1. The molecule has 1 aromatic carbocycles. The van der Waals surface area contributed by atoms with Crippen molar-refractivity contribution >= 4 is 11.6 Å². The molecule has 2 rings (SSSR count). The van der Waals surface area contributed by atoms with E-state index < -0.39 is 5.60 Å². The predicted molar refractivity (Wildman–Crippen MR) is 68.3 cm³/mol. The van der Waals surface area contributed by atoms with Crippen LogP contribution in [-0.4, -0.2) is 39.7 Å². The van der Waals surface area contributed by atoms with Gasteiger partial charge in [-0.15, -0.1) is 0 Å². The summed E-state index contributed by atoms with van der Waals surface area (Å²) >= 11 is 0. The van der Waals surface area contributed by atoms with Crippen molar-refractivity contribution in [2.45, 2.75) is 25.4 Å². The number of likely N-dealkylation sites (tertiary alicyclic amines) is 1. The Hall–Kier alpha value is -1.75. The van der Waals surface area contributed by atoms with E-state index in [2.05, 4.69) is 0 Å². The summed E-state index contributed by atoms with van der Waals surface area (Å²) in [6.45, 7) is 2.74. The highest BCUT2D eigenvalue weighted by Crippen LogP contribution is 2.28. The van der Waals surface area contributed by atoms with Gasteiger partial charge >= 0.3 is 0 Å². The molecule has 1 aromatic rings. The molecular weight excluding hydrogens is 232 g/mol. The number of carbonyl (C=O) groups excluding carboxylic acids is 1. The number of hydrogen-bond donors (Lipinski definition) is 3. The minimum absolute atomic E-state index is 0.167. The van der Waals surface area contributed by atoms with Crippen molar-refractivity contribution in [3.8, 4) is 5.75 Å². The number of nitrogens with two attached hydrogens (primary N) is 1. The number of aliphatic hydroxyl groups is 1. The highest BCUT2D eigenvalue weighted by molar-refractivity contribution is 5.98. The number of phenolic OH excluding ortho intramolecular Hbond substituents is 1. The van der Waals surface area contributed by atoms with Gasteiger partial charge in [0.05, 0.1) is 16.9 Å². The zero-order valence-corrected chi connectivity index (χ0v) is 10.4. The van der Waals surface area contributed by atoms with Crippen molar-refractivity contribution in [1.82, 2.24) is 4.90 Å². The maximum absolute atomic E-state index is 12.2. The Morgan fingerprint density at radius 3 is 2.61 bits per heavy atom. The molecule has 0 spiro atoms. The van der Waals surface area contributed by atoms with Crippen molar-refractivity contribution in [3.63, 3.8) is 0 Å². The van der Waals surface area contributed by atoms with Gasteiger partial charge in [0.25, 0.3) is 5.91 Å². The van der Waals surface area contributed by atoms with Crippen molar-refractivity contribution in [2.24, 2.45) is 0 Å². The second kappa shape index (κ2) is 4.49. The van der Waals surface area contributed by atoms with E-state index in [-0.39, 0.29) is 22.9 Å². The van der Waals surface area contributed by atoms with Crippen LogP contribution in [0.25, 0.3) is 0 Å². The van der Waals surface area contributed by atoms with Crippen molar-refractivity contribution in [3.05, 3.63) is 23.8 Å². The summed E-state index contributed by atoms with van der Waals surface area (Å²) in [5.74, 6) is -0.407. The number of piperidine rings is 1. The van der Waals surface area contributed by atoms with Gasteiger partial charge in [-0.2, -0.15) is 0 Å². The van der Waals surface area contributed by atoms with Crippen LogP contribution in [0.4, 0.5) is 5.69 Å². The summed E-state index contributed by atoms with van der Waals surface area (Å²) < 4.78 is 0. The zero-order chi connectivity index (χ0) is 13.3. The first-order valence-electron chi connectivity index (χ1n) is 6.00. The van der Waals surface area contributed by atoms with Gasteiger partial charge in [-0.05, 0) is 31.9 Å². The van der Waals surface area contributed by atoms with Crippen LogP contribution in [0.15, 0.2) is 18.2 Å². The molecule has 1 aliphatic heterocycles. The Balaban J connectivity index is 2.15. The normalized spacial score (nSPS) is 18.7. The smallest absolute Gasteiger partial charge is 0.257 e. The fraction of sp³-hybridized carbons (Fsp3) is 0.462. The summed E-state index contributed by atoms with van der Waals surface area (Å²) in [6, 6.07) is 4.75. The maximum Gasteiger partial charge on any atom is 0.257 e. The van der Waals surface area contributed by atoms with Gasteiger partial charge in [-0.25, -0.2) is 0 Å². The molecule has 0 aliphatic carbocycles. The number of nitrogens with zero attached hydrogens (tertiary/aromatic N) is 1. The predicted octanol–water partition coefficient (Wildman–Crippen LogP) is 0.961. The molecule has 98 valence electrons. The van der Waals surface area contributed by atoms with E-state index in [1.165, 1.54) is 0 Å². The van der Waals surface area contributed by atoms with E-state index >= 15 is 0 Å². The molecule has 18 heavy (non-hydrogen) atoms. The Kier molecular flexibility index (Phi) is 3.17. The number of amides is 1. The summed E-state index contributed by atoms with van der Waals surface area (Å²) in [5.41, 5.74) is 5.29. The lowest BCUT2D eigenvalue weighted by atomic mass is 9.93. The van der Waals surface area contributed by atoms with E-state index in [9.17, 15) is 15.0 Å². The second-order valence-corrected chi connectivity index (χ2v) is 5.03. The molecule has 1 fully saturated rings. The zero-order valence-electron chi connectivity index (χ0n) is 10.4. The average molecular weight is 250 g/mol. The Morgan fingerprint density at radius 2 is 2.00 bits per heavy atom. The van der Waals surface area contributed by atoms with Gasteiger partial charge in [0, 0.05) is 13.1 Å². The molecule has 0 atom stereocenters. The first-order chi connectivity index (χ1) is 8.41. The second-order valence-electron chi connectivity index (χ2n) is 5.03. The van der Waals surface area contributed by atoms with Crippen LogP contribution in [0, 0.1) is 0 Å². The summed E-state index contributed by atoms with van der Waals surface area (Å²) in [4.78, 5) is 13.8. The third-order valence-corrected chi connectivity index (χ3v) is 3.43. The molecule has 0 radical (unpaired) electrons. The van der Waals surface area contributed by atoms with Gasteiger partial charge in [-0.3, -0.25) is 4.79 Å². The van der Waals surface area contributed by atoms with E-state index in [0.29, 0.717) is 25.9 Å². The quantitative estimate of drug-likeness (QED) is 0.512. The van der Waals surface area contributed by atoms with E-state index in [1.54, 1.807) is 30.0 Å². The largest absolute Gasteiger partial charge is 0.505 e. The first-order valence-corrected chi connectivity index (χ1v) is 6.00. The molecule has 1 amide bonds. The van der Waals surface area contributed by atoms with E-state index in [0.717, 1.165) is 0 Å². The van der Waals surface area contributed by atoms with E-state index in [4.69, 9.17) is 5.73 Å². The molecule has 0 saturated carbocycles. The molecule has 4 N–H and O–H groups in total. The molecule has 0 bridgehead atoms. The van der Waals surface area contributed by atoms with Crippen LogP contribution >= 0.6 is 0 Å². The van der Waals surface area contributed by atoms with Crippen LogP contribution in [0.5, 0.6) is 5.75 Å². The SMILES string of the molecule is CC1(O)CCN(C(=O)c2cccc(N)c2O)CC1. The number of aromatic hydroxyl groups is 1. The monoisotopic (exact) mass is 250 g/mol. The standard InChI is InChI=1S/C13H18N2O3/c1-13(18)5-7-15(8-6-13)12(17)9-3-2-4-10(14)11(9)16/h2-4,16,18H,5-8,14H2,1H3. The van der Waals surface area contributed by atoms with Crippen molar-refractivity contribution < 1.29 is 15.0 Å². The molecule has 5 heteroatoms. The van der Waals surface area contributed by atoms with Crippen LogP contribution in [0.1, 0.15) is 30.1 Å². The van der Waals surface area contributed by atoms with Gasteiger partial charge in [0.1, 0.15) is 0 Å². The van der Waals surface area contributed by atoms with Crippen LogP contribution in [0.2, 0.25) is 0 Å². The molecule has 5 nitrogen and oxygen atoms in total. The van der Waals surface area contributed by atoms with Crippen molar-refractivity contribution in [2.75, 3.05) is 18.8 Å². The number of phenols is 1. The number of anilines is 1. The maximum atomic E-state index is 12.2. The number of nitrogen functional groups attached to an aromatic ring is 1. The summed E-state index contributed by atoms with van der Waals surface area (Å²) in [7, 11) is 0. The van der Waals surface area contributed by atoms with Crippen LogP contribution < -0.4 is 5.73 Å². The van der Waals surface area contributed by atoms with Gasteiger partial charge in [0.15, 0.2) is 5.75 Å². The number of hydrogen-bond acceptors (Lipinski definition) is 4. The fourth-order valence-electron chi connectivity index (χ4n) is 2.10. The first kappa shape index (κ1) is 12.7. The minimum Gasteiger partial charge on any atom is -0.505 e. The van der Waals surface area contributed by atoms with Crippen LogP contribution in [-0.2, 0) is 0 Å². The molecule has 1 saturated heterocycles. The van der Waals surface area contributed by atoms with Crippen LogP contribution in [0.3, 0.4) is 0 Å². The van der Waals surface area contributed by atoms with E-state index in [1.807, 2.05) is 0 Å². The lowest BCUT2D eigenvalue weighted by Gasteiger charge is -2.35. The average Bonchev–Trinajstić information content (AvgIpc) is 2.32. The Morgan fingerprint density at radius 1 is 1.39 bits per heavy atom. The van der Waals surface area contributed by atoms with Gasteiger partial charge < -0.3 is 20.8 Å². The lowest BCUT2D eigenvalue weighted by molar-refractivity contribution is -0.00207. The van der Waals surface area contributed by atoms with Gasteiger partial charge in [-0.1, -0.05) is 6.07 Å². The molecular formula is C13H18N2O3. The van der Waals surface area contributed by atoms with Gasteiger partial charge in [0.2, 0.25) is 0 Å². The number of carbonyl (C=O) groups is 1. The highest BCUT2D eigenvalue weighted by atomic mass is 16.3. The molecule has 1 heterocycles. The number of benzene rings is 1. The van der Waals surface area contributed by atoms with Crippen molar-refractivity contribution in [1.29, 1.82) is 0 Å². The number of rotatable bonds is 1. The molecule has 1 aliphatic rings. The highest BCUT2D eigenvalue weighted by Gasteiger charge is 2.30. The summed E-state index contributed by atoms with van der Waals surface area (Å²) in [6.07, 6.45) is 1.09. The molecule has 0 aromatic heterocycles. The third kappa shape index (κ3) is 2.41. The topological polar surface area (TPSA) is 86.8 Å². The lowest BCUT2D eigenvalue weighted by Crippen LogP contribution is -2.45. The molecule has 0 unspecified atom stereocenters. The summed E-state index contributed by atoms with van der Waals surface area (Å²) in [5, 5.41) is 19.6.